The van der Waals surface area contributed by atoms with Crippen molar-refractivity contribution in [1.29, 1.82) is 0 Å². The number of nitrogens with zero attached hydrogens (tertiary/aromatic N) is 2. The molecule has 31 heavy (non-hydrogen) atoms. The Hall–Kier alpha value is -4.20. The number of carboxylic acids is 1. The topological polar surface area (TPSA) is 111 Å². The van der Waals surface area contributed by atoms with Gasteiger partial charge in [-0.2, -0.15) is 0 Å². The average Bonchev–Trinajstić information content (AvgIpc) is 2.77. The van der Waals surface area contributed by atoms with Crippen molar-refractivity contribution in [2.45, 2.75) is 13.5 Å². The molecule has 0 saturated carbocycles. The van der Waals surface area contributed by atoms with Crippen LogP contribution in [-0.4, -0.2) is 29.3 Å². The van der Waals surface area contributed by atoms with Crippen molar-refractivity contribution in [1.82, 2.24) is 0 Å². The van der Waals surface area contributed by atoms with Crippen LogP contribution in [0.15, 0.2) is 65.7 Å². The number of carboxylic acid groups (broad SMARTS) is 1. The lowest BCUT2D eigenvalue weighted by Crippen LogP contribution is -2.00. The van der Waals surface area contributed by atoms with Gasteiger partial charge in [0, 0.05) is 18.3 Å². The summed E-state index contributed by atoms with van der Waals surface area (Å²) in [5.41, 5.74) is 3.17. The molecule has 0 unspecified atom stereocenters. The van der Waals surface area contributed by atoms with Crippen molar-refractivity contribution in [3.8, 4) is 11.5 Å². The van der Waals surface area contributed by atoms with E-state index in [1.54, 1.807) is 43.5 Å². The quantitative estimate of drug-likeness (QED) is 0.314. The van der Waals surface area contributed by atoms with E-state index in [4.69, 9.17) is 14.6 Å². The summed E-state index contributed by atoms with van der Waals surface area (Å²) < 4.78 is 11.2. The largest absolute Gasteiger partial charge is 0.493 e. The van der Waals surface area contributed by atoms with Crippen LogP contribution in [0.4, 0.5) is 11.4 Å². The van der Waals surface area contributed by atoms with Gasteiger partial charge in [-0.05, 0) is 60.0 Å². The zero-order valence-electron chi connectivity index (χ0n) is 16.9. The third-order valence-electron chi connectivity index (χ3n) is 4.53. The predicted octanol–water partition coefficient (Wildman–Crippen LogP) is 4.94. The number of ether oxygens (including phenoxy) is 2. The van der Waals surface area contributed by atoms with E-state index in [0.29, 0.717) is 22.7 Å². The highest BCUT2D eigenvalue weighted by Crippen LogP contribution is 2.29. The van der Waals surface area contributed by atoms with Gasteiger partial charge >= 0.3 is 5.97 Å². The first-order valence-corrected chi connectivity index (χ1v) is 9.29. The summed E-state index contributed by atoms with van der Waals surface area (Å²) in [5.74, 6) is 0.0790. The van der Waals surface area contributed by atoms with E-state index >= 15 is 0 Å². The van der Waals surface area contributed by atoms with Crippen molar-refractivity contribution in [2.75, 3.05) is 7.11 Å². The Morgan fingerprint density at radius 1 is 1.10 bits per heavy atom. The predicted molar refractivity (Wildman–Crippen MR) is 116 cm³/mol. The van der Waals surface area contributed by atoms with Crippen molar-refractivity contribution >= 4 is 23.6 Å². The Bertz CT molecular complexity index is 1140. The zero-order chi connectivity index (χ0) is 22.4. The minimum absolute atomic E-state index is 0.0252. The third kappa shape index (κ3) is 5.45. The van der Waals surface area contributed by atoms with E-state index < -0.39 is 10.9 Å². The first-order chi connectivity index (χ1) is 14.9. The Kier molecular flexibility index (Phi) is 6.61. The van der Waals surface area contributed by atoms with E-state index in [9.17, 15) is 14.9 Å². The summed E-state index contributed by atoms with van der Waals surface area (Å²) in [7, 11) is 1.53. The molecule has 0 aliphatic rings. The Morgan fingerprint density at radius 2 is 1.84 bits per heavy atom. The van der Waals surface area contributed by atoms with Crippen LogP contribution in [0, 0.1) is 17.0 Å². The van der Waals surface area contributed by atoms with Crippen LogP contribution in [0.1, 0.15) is 27.0 Å². The lowest BCUT2D eigenvalue weighted by atomic mass is 10.1. The van der Waals surface area contributed by atoms with Gasteiger partial charge in [0.05, 0.1) is 23.3 Å². The number of hydrogen-bond donors (Lipinski definition) is 1. The molecule has 0 atom stereocenters. The minimum atomic E-state index is -0.977. The van der Waals surface area contributed by atoms with Gasteiger partial charge in [-0.25, -0.2) is 4.79 Å². The first-order valence-electron chi connectivity index (χ1n) is 9.29. The molecule has 158 valence electrons. The maximum atomic E-state index is 10.9. The highest BCUT2D eigenvalue weighted by atomic mass is 16.6. The zero-order valence-corrected chi connectivity index (χ0v) is 16.9. The number of rotatable bonds is 8. The summed E-state index contributed by atoms with van der Waals surface area (Å²) in [4.78, 5) is 25.7. The summed E-state index contributed by atoms with van der Waals surface area (Å²) in [6, 6.07) is 16.3. The smallest absolute Gasteiger partial charge is 0.335 e. The molecule has 0 aliphatic heterocycles. The van der Waals surface area contributed by atoms with Crippen LogP contribution in [0.2, 0.25) is 0 Å². The van der Waals surface area contributed by atoms with E-state index in [0.717, 1.165) is 11.1 Å². The van der Waals surface area contributed by atoms with Crippen molar-refractivity contribution < 1.29 is 24.3 Å². The fourth-order valence-corrected chi connectivity index (χ4v) is 2.83. The number of carbonyl (C=O) groups is 1. The molecule has 0 heterocycles. The summed E-state index contributed by atoms with van der Waals surface area (Å²) >= 11 is 0. The lowest BCUT2D eigenvalue weighted by Gasteiger charge is -2.11. The maximum Gasteiger partial charge on any atom is 0.335 e. The second-order valence-corrected chi connectivity index (χ2v) is 6.69. The van der Waals surface area contributed by atoms with E-state index in [-0.39, 0.29) is 17.9 Å². The number of non-ortho nitro benzene ring substituents is 1. The molecule has 8 nitrogen and oxygen atoms in total. The maximum absolute atomic E-state index is 10.9. The molecule has 0 aromatic heterocycles. The van der Waals surface area contributed by atoms with Crippen molar-refractivity contribution in [3.05, 3.63) is 93.0 Å². The number of nitro benzene ring substituents is 1. The number of aliphatic imine (C=N–C) groups is 1. The fraction of sp³-hybridized carbons (Fsp3) is 0.130. The number of nitro groups is 1. The third-order valence-corrected chi connectivity index (χ3v) is 4.53. The molecule has 0 spiro atoms. The number of hydrogen-bond acceptors (Lipinski definition) is 6. The SMILES string of the molecule is COc1cc(C=Nc2ccc([N+](=O)[O-])cc2C)ccc1OCc1ccc(C(=O)O)cc1. The van der Waals surface area contributed by atoms with Crippen LogP contribution in [0.3, 0.4) is 0 Å². The lowest BCUT2D eigenvalue weighted by molar-refractivity contribution is -0.384. The van der Waals surface area contributed by atoms with Crippen LogP contribution >= 0.6 is 0 Å². The number of aromatic carboxylic acids is 1. The molecule has 0 aliphatic carbocycles. The van der Waals surface area contributed by atoms with E-state index in [2.05, 4.69) is 4.99 Å². The molecule has 0 bridgehead atoms. The van der Waals surface area contributed by atoms with E-state index in [1.165, 1.54) is 31.4 Å². The second kappa shape index (κ2) is 9.53. The summed E-state index contributed by atoms with van der Waals surface area (Å²) in [6.07, 6.45) is 1.64. The van der Waals surface area contributed by atoms with Gasteiger partial charge in [0.1, 0.15) is 6.61 Å². The van der Waals surface area contributed by atoms with Crippen LogP contribution in [0.5, 0.6) is 11.5 Å². The van der Waals surface area contributed by atoms with Crippen molar-refractivity contribution in [3.63, 3.8) is 0 Å². The molecule has 3 rings (SSSR count). The molecule has 3 aromatic carbocycles. The molecule has 3 aromatic rings. The van der Waals surface area contributed by atoms with Crippen molar-refractivity contribution in [2.24, 2.45) is 4.99 Å². The molecule has 0 fully saturated rings. The molecule has 1 N–H and O–H groups in total. The Labute approximate surface area is 178 Å². The monoisotopic (exact) mass is 420 g/mol. The van der Waals surface area contributed by atoms with Crippen LogP contribution < -0.4 is 9.47 Å². The van der Waals surface area contributed by atoms with Crippen LogP contribution in [0.25, 0.3) is 0 Å². The Balaban J connectivity index is 1.71. The van der Waals surface area contributed by atoms with Gasteiger partial charge in [0.25, 0.3) is 5.69 Å². The number of benzene rings is 3. The highest BCUT2D eigenvalue weighted by Gasteiger charge is 2.09. The molecule has 0 radical (unpaired) electrons. The normalized spacial score (nSPS) is 10.8. The molecule has 0 amide bonds. The first kappa shape index (κ1) is 21.5. The molecule has 8 heteroatoms. The Morgan fingerprint density at radius 3 is 2.45 bits per heavy atom. The highest BCUT2D eigenvalue weighted by molar-refractivity contribution is 5.87. The van der Waals surface area contributed by atoms with Gasteiger partial charge in [-0.1, -0.05) is 12.1 Å². The number of methoxy groups -OCH3 is 1. The number of aryl methyl sites for hydroxylation is 1. The van der Waals surface area contributed by atoms with Gasteiger partial charge in [-0.15, -0.1) is 0 Å². The van der Waals surface area contributed by atoms with Gasteiger partial charge < -0.3 is 14.6 Å². The van der Waals surface area contributed by atoms with Gasteiger partial charge in [-0.3, -0.25) is 15.1 Å². The molecular formula is C23H20N2O6. The second-order valence-electron chi connectivity index (χ2n) is 6.69. The minimum Gasteiger partial charge on any atom is -0.493 e. The average molecular weight is 420 g/mol. The van der Waals surface area contributed by atoms with E-state index in [1.807, 2.05) is 6.07 Å². The molecule has 0 saturated heterocycles. The summed E-state index contributed by atoms with van der Waals surface area (Å²) in [5, 5.41) is 19.8. The summed E-state index contributed by atoms with van der Waals surface area (Å²) in [6.45, 7) is 2.02. The van der Waals surface area contributed by atoms with Crippen LogP contribution in [-0.2, 0) is 6.61 Å². The molecular weight excluding hydrogens is 400 g/mol. The van der Waals surface area contributed by atoms with Gasteiger partial charge in [0.15, 0.2) is 11.5 Å². The standard InChI is InChI=1S/C23H20N2O6/c1-15-11-19(25(28)29)8-9-20(15)24-13-17-5-10-21(22(12-17)30-2)31-14-16-3-6-18(7-4-16)23(26)27/h3-13H,14H2,1-2H3,(H,26,27). The van der Waals surface area contributed by atoms with Gasteiger partial charge in [0.2, 0.25) is 0 Å². The fourth-order valence-electron chi connectivity index (χ4n) is 2.83.